The number of pyridine rings is 1. The van der Waals surface area contributed by atoms with Crippen LogP contribution in [0.1, 0.15) is 29.5 Å². The van der Waals surface area contributed by atoms with Gasteiger partial charge in [-0.05, 0) is 85.8 Å². The van der Waals surface area contributed by atoms with Crippen molar-refractivity contribution in [3.05, 3.63) is 75.3 Å². The number of halogens is 1. The molecule has 5 nitrogen and oxygen atoms in total. The summed E-state index contributed by atoms with van der Waals surface area (Å²) in [6.45, 7) is 5.72. The Hall–Kier alpha value is -2.77. The lowest BCUT2D eigenvalue weighted by Crippen LogP contribution is -2.40. The van der Waals surface area contributed by atoms with Gasteiger partial charge in [0.2, 0.25) is 0 Å². The molecule has 1 aliphatic heterocycles. The van der Waals surface area contributed by atoms with Crippen LogP contribution in [0, 0.1) is 19.7 Å². The molecule has 1 unspecified atom stereocenters. The van der Waals surface area contributed by atoms with Crippen molar-refractivity contribution in [2.24, 2.45) is 0 Å². The van der Waals surface area contributed by atoms with E-state index in [9.17, 15) is 9.18 Å². The van der Waals surface area contributed by atoms with Gasteiger partial charge in [0.1, 0.15) is 5.82 Å². The highest BCUT2D eigenvalue weighted by atomic mass is 32.1. The van der Waals surface area contributed by atoms with Crippen LogP contribution in [0.25, 0.3) is 10.9 Å². The number of nitrogens with zero attached hydrogens (tertiary/aromatic N) is 1. The summed E-state index contributed by atoms with van der Waals surface area (Å²) in [4.78, 5) is 17.9. The minimum absolute atomic E-state index is 0.0670. The molecule has 1 atom stereocenters. The Kier molecular flexibility index (Phi) is 6.34. The first-order valence-corrected chi connectivity index (χ1v) is 10.9. The number of nitrogens with one attached hydrogen (secondary N) is 2. The fraction of sp³-hybridized carbons (Fsp3) is 0.333. The maximum atomic E-state index is 13.2. The van der Waals surface area contributed by atoms with Gasteiger partial charge in [-0.25, -0.2) is 4.39 Å². The third kappa shape index (κ3) is 4.94. The standard InChI is InChI=1S/C24H26FN3O2S/c1-15-5-6-17-12-18(23(29)27-22(17)16(15)2)13-28(14-21-4-3-11-30-21)24(31)26-20-9-7-19(25)8-10-20/h5-10,12,21H,3-4,11,13-14H2,1-2H3,(H,26,31)(H,27,29). The SMILES string of the molecule is Cc1ccc2cc(CN(CC3CCCO3)C(=S)Nc3ccc(F)cc3)c(=O)[nH]c2c1C. The van der Waals surface area contributed by atoms with E-state index in [4.69, 9.17) is 17.0 Å². The molecule has 7 heteroatoms. The van der Waals surface area contributed by atoms with Crippen molar-refractivity contribution in [2.45, 2.75) is 39.3 Å². The second-order valence-electron chi connectivity index (χ2n) is 8.05. The largest absolute Gasteiger partial charge is 0.376 e. The molecule has 1 fully saturated rings. The molecule has 1 aromatic heterocycles. The molecule has 162 valence electrons. The number of rotatable bonds is 5. The minimum atomic E-state index is -0.305. The average molecular weight is 440 g/mol. The summed E-state index contributed by atoms with van der Waals surface area (Å²) in [7, 11) is 0. The molecule has 31 heavy (non-hydrogen) atoms. The zero-order valence-corrected chi connectivity index (χ0v) is 18.5. The zero-order valence-electron chi connectivity index (χ0n) is 17.7. The van der Waals surface area contributed by atoms with Crippen LogP contribution in [-0.4, -0.2) is 34.3 Å². The van der Waals surface area contributed by atoms with Gasteiger partial charge in [0.15, 0.2) is 5.11 Å². The lowest BCUT2D eigenvalue weighted by atomic mass is 10.0. The fourth-order valence-corrected chi connectivity index (χ4v) is 4.14. The van der Waals surface area contributed by atoms with Gasteiger partial charge in [-0.15, -0.1) is 0 Å². The molecule has 1 aliphatic rings. The average Bonchev–Trinajstić information content (AvgIpc) is 3.26. The molecule has 0 bridgehead atoms. The Morgan fingerprint density at radius 3 is 2.74 bits per heavy atom. The summed E-state index contributed by atoms with van der Waals surface area (Å²) in [5, 5.41) is 4.63. The molecule has 3 aromatic rings. The van der Waals surface area contributed by atoms with Crippen LogP contribution in [0.2, 0.25) is 0 Å². The normalized spacial score (nSPS) is 15.9. The lowest BCUT2D eigenvalue weighted by molar-refractivity contribution is 0.0904. The molecular formula is C24H26FN3O2S. The molecule has 0 saturated carbocycles. The summed E-state index contributed by atoms with van der Waals surface area (Å²) in [5.74, 6) is -0.305. The van der Waals surface area contributed by atoms with Crippen molar-refractivity contribution < 1.29 is 9.13 Å². The van der Waals surface area contributed by atoms with Crippen molar-refractivity contribution in [1.29, 1.82) is 0 Å². The molecule has 4 rings (SSSR count). The molecule has 2 aromatic carbocycles. The van der Waals surface area contributed by atoms with Crippen LogP contribution in [0.4, 0.5) is 10.1 Å². The summed E-state index contributed by atoms with van der Waals surface area (Å²) in [5.41, 5.74) is 4.29. The maximum absolute atomic E-state index is 13.2. The number of benzene rings is 2. The molecule has 2 N–H and O–H groups in total. The second kappa shape index (κ2) is 9.16. The van der Waals surface area contributed by atoms with Crippen molar-refractivity contribution in [3.63, 3.8) is 0 Å². The highest BCUT2D eigenvalue weighted by Crippen LogP contribution is 2.21. The molecule has 1 saturated heterocycles. The predicted octanol–water partition coefficient (Wildman–Crippen LogP) is 4.66. The topological polar surface area (TPSA) is 57.4 Å². The van der Waals surface area contributed by atoms with E-state index in [-0.39, 0.29) is 17.5 Å². The van der Waals surface area contributed by atoms with Gasteiger partial charge < -0.3 is 19.9 Å². The van der Waals surface area contributed by atoms with Crippen LogP contribution in [0.5, 0.6) is 0 Å². The van der Waals surface area contributed by atoms with E-state index >= 15 is 0 Å². The molecule has 0 amide bonds. The first-order chi connectivity index (χ1) is 14.9. The highest BCUT2D eigenvalue weighted by molar-refractivity contribution is 7.80. The van der Waals surface area contributed by atoms with Gasteiger partial charge in [-0.1, -0.05) is 12.1 Å². The van der Waals surface area contributed by atoms with Crippen molar-refractivity contribution >= 4 is 33.9 Å². The first-order valence-electron chi connectivity index (χ1n) is 10.5. The number of ether oxygens (including phenoxy) is 1. The van der Waals surface area contributed by atoms with Gasteiger partial charge in [-0.3, -0.25) is 4.79 Å². The monoisotopic (exact) mass is 439 g/mol. The number of anilines is 1. The summed E-state index contributed by atoms with van der Waals surface area (Å²) >= 11 is 5.65. The maximum Gasteiger partial charge on any atom is 0.253 e. The number of aromatic nitrogens is 1. The molecule has 2 heterocycles. The summed E-state index contributed by atoms with van der Waals surface area (Å²) in [6, 6.07) is 12.1. The molecule has 0 aliphatic carbocycles. The summed E-state index contributed by atoms with van der Waals surface area (Å²) < 4.78 is 19.0. The van der Waals surface area contributed by atoms with Crippen molar-refractivity contribution in [1.82, 2.24) is 9.88 Å². The quantitative estimate of drug-likeness (QED) is 0.566. The number of hydrogen-bond donors (Lipinski definition) is 2. The van der Waals surface area contributed by atoms with Crippen molar-refractivity contribution in [3.8, 4) is 0 Å². The van der Waals surface area contributed by atoms with Crippen molar-refractivity contribution in [2.75, 3.05) is 18.5 Å². The van der Waals surface area contributed by atoms with Gasteiger partial charge in [0, 0.05) is 24.4 Å². The Labute approximate surface area is 186 Å². The molecular weight excluding hydrogens is 413 g/mol. The van der Waals surface area contributed by atoms with Gasteiger partial charge in [0.25, 0.3) is 5.56 Å². The van der Waals surface area contributed by atoms with Crippen LogP contribution in [0.15, 0.2) is 47.3 Å². The lowest BCUT2D eigenvalue weighted by Gasteiger charge is -2.28. The third-order valence-electron chi connectivity index (χ3n) is 5.82. The van der Waals surface area contributed by atoms with E-state index in [1.807, 2.05) is 30.9 Å². The van der Waals surface area contributed by atoms with E-state index in [0.717, 1.165) is 41.5 Å². The van der Waals surface area contributed by atoms with E-state index < -0.39 is 0 Å². The highest BCUT2D eigenvalue weighted by Gasteiger charge is 2.22. The van der Waals surface area contributed by atoms with E-state index in [1.54, 1.807) is 12.1 Å². The second-order valence-corrected chi connectivity index (χ2v) is 8.43. The fourth-order valence-electron chi connectivity index (χ4n) is 3.88. The Morgan fingerprint density at radius 1 is 1.26 bits per heavy atom. The Balaban J connectivity index is 1.61. The first kappa shape index (κ1) is 21.5. The predicted molar refractivity (Wildman–Crippen MR) is 126 cm³/mol. The van der Waals surface area contributed by atoms with Crippen LogP contribution in [-0.2, 0) is 11.3 Å². The van der Waals surface area contributed by atoms with E-state index in [0.29, 0.717) is 29.5 Å². The third-order valence-corrected chi connectivity index (χ3v) is 6.18. The van der Waals surface area contributed by atoms with Gasteiger partial charge in [0.05, 0.1) is 18.2 Å². The number of hydrogen-bond acceptors (Lipinski definition) is 3. The Morgan fingerprint density at radius 2 is 2.03 bits per heavy atom. The van der Waals surface area contributed by atoms with E-state index in [1.165, 1.54) is 12.1 Å². The summed E-state index contributed by atoms with van der Waals surface area (Å²) in [6.07, 6.45) is 2.05. The molecule has 0 spiro atoms. The molecule has 0 radical (unpaired) electrons. The smallest absolute Gasteiger partial charge is 0.253 e. The van der Waals surface area contributed by atoms with Crippen LogP contribution < -0.4 is 10.9 Å². The van der Waals surface area contributed by atoms with Gasteiger partial charge >= 0.3 is 0 Å². The van der Waals surface area contributed by atoms with E-state index in [2.05, 4.69) is 16.4 Å². The number of aryl methyl sites for hydroxylation is 2. The Bertz CT molecular complexity index is 1150. The van der Waals surface area contributed by atoms with Crippen LogP contribution >= 0.6 is 12.2 Å². The van der Waals surface area contributed by atoms with Crippen LogP contribution in [0.3, 0.4) is 0 Å². The van der Waals surface area contributed by atoms with Gasteiger partial charge in [-0.2, -0.15) is 0 Å². The number of aromatic amines is 1. The number of H-pyrrole nitrogens is 1. The number of thiocarbonyl (C=S) groups is 1. The minimum Gasteiger partial charge on any atom is -0.376 e. The number of fused-ring (bicyclic) bond motifs is 1. The zero-order chi connectivity index (χ0) is 22.0.